The number of nitrogens with two attached hydrogens (primary N) is 1. The fraction of sp³-hybridized carbons (Fsp3) is 0.667. The Morgan fingerprint density at radius 3 is 2.18 bits per heavy atom. The summed E-state index contributed by atoms with van der Waals surface area (Å²) in [5, 5.41) is 0. The Labute approximate surface area is 64.7 Å². The Bertz CT molecular complexity index is 233. The molecule has 0 heterocycles. The molecule has 0 bridgehead atoms. The molecule has 0 radical (unpaired) electrons. The van der Waals surface area contributed by atoms with Crippen molar-refractivity contribution in [2.24, 2.45) is 5.73 Å². The van der Waals surface area contributed by atoms with E-state index in [-0.39, 0.29) is 0 Å². The number of carbonyl (C=O) groups excluding carboxylic acids is 1. The minimum Gasteiger partial charge on any atom is -0.351 e. The summed E-state index contributed by atoms with van der Waals surface area (Å²) in [4.78, 5) is 11.8. The van der Waals surface area contributed by atoms with E-state index in [0.29, 0.717) is 0 Å². The number of primary amides is 1. The van der Waals surface area contributed by atoms with E-state index in [9.17, 15) is 13.2 Å². The molecule has 0 spiro atoms. The summed E-state index contributed by atoms with van der Waals surface area (Å²) < 4.78 is 22.5. The number of urea groups is 1. The molecule has 0 aromatic heterocycles. The van der Waals surface area contributed by atoms with Gasteiger partial charge in [-0.3, -0.25) is 5.43 Å². The Hall–Kier alpha value is -0.860. The van der Waals surface area contributed by atoms with E-state index in [2.05, 4.69) is 5.73 Å². The van der Waals surface area contributed by atoms with Gasteiger partial charge in [-0.15, -0.1) is 4.83 Å². The Morgan fingerprint density at radius 2 is 1.91 bits per heavy atom. The molecule has 0 saturated carbocycles. The van der Waals surface area contributed by atoms with E-state index in [0.717, 1.165) is 4.31 Å². The van der Waals surface area contributed by atoms with Gasteiger partial charge < -0.3 is 5.73 Å². The first-order valence-electron chi connectivity index (χ1n) is 2.61. The molecule has 4 N–H and O–H groups in total. The minimum absolute atomic E-state index is 0.892. The number of rotatable bonds is 3. The Balaban J connectivity index is 4.05. The fourth-order valence-electron chi connectivity index (χ4n) is 0.206. The zero-order valence-electron chi connectivity index (χ0n) is 6.16. The highest BCUT2D eigenvalue weighted by Gasteiger charge is 2.11. The number of nitrogens with one attached hydrogen (secondary N) is 2. The van der Waals surface area contributed by atoms with Crippen LogP contribution in [0.3, 0.4) is 0 Å². The molecule has 7 nitrogen and oxygen atoms in total. The van der Waals surface area contributed by atoms with Crippen molar-refractivity contribution in [1.29, 1.82) is 0 Å². The predicted octanol–water partition coefficient (Wildman–Crippen LogP) is -2.03. The molecular formula is C3H10N4O3S. The van der Waals surface area contributed by atoms with Gasteiger partial charge in [-0.1, -0.05) is 0 Å². The normalized spacial score (nSPS) is 11.5. The summed E-state index contributed by atoms with van der Waals surface area (Å²) in [6.07, 6.45) is 0. The van der Waals surface area contributed by atoms with Crippen LogP contribution in [0.5, 0.6) is 0 Å². The number of hydrazine groups is 1. The lowest BCUT2D eigenvalue weighted by molar-refractivity contribution is 0.247. The molecule has 2 amide bonds. The van der Waals surface area contributed by atoms with E-state index in [1.54, 1.807) is 10.3 Å². The van der Waals surface area contributed by atoms with Crippen LogP contribution in [0.2, 0.25) is 0 Å². The van der Waals surface area contributed by atoms with Gasteiger partial charge in [0.1, 0.15) is 0 Å². The fourth-order valence-corrected chi connectivity index (χ4v) is 0.618. The second-order valence-corrected chi connectivity index (χ2v) is 3.76. The highest BCUT2D eigenvalue weighted by Crippen LogP contribution is 1.83. The predicted molar refractivity (Wildman–Crippen MR) is 38.5 cm³/mol. The molecule has 0 aliphatic carbocycles. The van der Waals surface area contributed by atoms with Gasteiger partial charge in [-0.25, -0.2) is 4.79 Å². The van der Waals surface area contributed by atoms with Gasteiger partial charge in [-0.05, 0) is 0 Å². The van der Waals surface area contributed by atoms with E-state index < -0.39 is 16.2 Å². The lowest BCUT2D eigenvalue weighted by atomic mass is 11.2. The van der Waals surface area contributed by atoms with Gasteiger partial charge in [0.25, 0.3) is 10.2 Å². The summed E-state index contributed by atoms with van der Waals surface area (Å²) in [5.74, 6) is 0. The second-order valence-electron chi connectivity index (χ2n) is 1.88. The van der Waals surface area contributed by atoms with Gasteiger partial charge in [-0.2, -0.15) is 12.7 Å². The van der Waals surface area contributed by atoms with Crippen molar-refractivity contribution in [3.05, 3.63) is 0 Å². The summed E-state index contributed by atoms with van der Waals surface area (Å²) >= 11 is 0. The standard InChI is InChI=1S/C3H10N4O3S/c1-7(2)11(9,10)6-5-3(4)8/h6H,1-2H3,(H3,4,5,8). The third-order valence-corrected chi connectivity index (χ3v) is 2.11. The number of amides is 2. The van der Waals surface area contributed by atoms with Crippen LogP contribution < -0.4 is 16.0 Å². The van der Waals surface area contributed by atoms with Crippen molar-refractivity contribution in [3.8, 4) is 0 Å². The topological polar surface area (TPSA) is 105 Å². The molecule has 0 aromatic rings. The molecule has 11 heavy (non-hydrogen) atoms. The maximum Gasteiger partial charge on any atom is 0.327 e. The van der Waals surface area contributed by atoms with E-state index >= 15 is 0 Å². The summed E-state index contributed by atoms with van der Waals surface area (Å²) in [7, 11) is -1.00. The molecule has 66 valence electrons. The molecule has 0 aliphatic heterocycles. The monoisotopic (exact) mass is 182 g/mol. The van der Waals surface area contributed by atoms with Crippen molar-refractivity contribution in [2.45, 2.75) is 0 Å². The smallest absolute Gasteiger partial charge is 0.327 e. The lowest BCUT2D eigenvalue weighted by Crippen LogP contribution is -2.48. The van der Waals surface area contributed by atoms with Crippen LogP contribution in [0.1, 0.15) is 0 Å². The molecule has 0 aliphatic rings. The molecule has 0 fully saturated rings. The highest BCUT2D eigenvalue weighted by atomic mass is 32.2. The van der Waals surface area contributed by atoms with Crippen LogP contribution >= 0.6 is 0 Å². The number of hydrogen-bond acceptors (Lipinski definition) is 3. The van der Waals surface area contributed by atoms with Gasteiger partial charge in [0.2, 0.25) is 0 Å². The summed E-state index contributed by atoms with van der Waals surface area (Å²) in [6, 6.07) is -0.963. The first kappa shape index (κ1) is 10.1. The van der Waals surface area contributed by atoms with Crippen LogP contribution in [0.4, 0.5) is 4.79 Å². The largest absolute Gasteiger partial charge is 0.351 e. The number of nitrogens with zero attached hydrogens (tertiary/aromatic N) is 1. The van der Waals surface area contributed by atoms with Gasteiger partial charge in [0, 0.05) is 14.1 Å². The molecule has 0 saturated heterocycles. The molecule has 0 rings (SSSR count). The second kappa shape index (κ2) is 3.51. The Morgan fingerprint density at radius 1 is 1.45 bits per heavy atom. The third-order valence-electron chi connectivity index (χ3n) is 0.784. The van der Waals surface area contributed by atoms with E-state index in [4.69, 9.17) is 0 Å². The van der Waals surface area contributed by atoms with Gasteiger partial charge in [0.05, 0.1) is 0 Å². The Kier molecular flexibility index (Phi) is 3.23. The highest BCUT2D eigenvalue weighted by molar-refractivity contribution is 7.87. The first-order chi connectivity index (χ1) is 4.86. The van der Waals surface area contributed by atoms with Crippen molar-refractivity contribution in [1.82, 2.24) is 14.6 Å². The third kappa shape index (κ3) is 3.75. The zero-order chi connectivity index (χ0) is 9.07. The summed E-state index contributed by atoms with van der Waals surface area (Å²) in [5.41, 5.74) is 6.33. The molecule has 0 atom stereocenters. The van der Waals surface area contributed by atoms with Crippen LogP contribution in [0.15, 0.2) is 0 Å². The van der Waals surface area contributed by atoms with E-state index in [1.807, 2.05) is 0 Å². The minimum atomic E-state index is -3.62. The van der Waals surface area contributed by atoms with Crippen molar-refractivity contribution >= 4 is 16.2 Å². The van der Waals surface area contributed by atoms with Crippen molar-refractivity contribution in [2.75, 3.05) is 14.1 Å². The average Bonchev–Trinajstić information content (AvgIpc) is 1.84. The van der Waals surface area contributed by atoms with E-state index in [1.165, 1.54) is 14.1 Å². The SMILES string of the molecule is CN(C)S(=O)(=O)NNC(N)=O. The molecule has 8 heteroatoms. The molecular weight excluding hydrogens is 172 g/mol. The zero-order valence-corrected chi connectivity index (χ0v) is 6.97. The average molecular weight is 182 g/mol. The van der Waals surface area contributed by atoms with Gasteiger partial charge in [0.15, 0.2) is 0 Å². The van der Waals surface area contributed by atoms with Crippen LogP contribution in [0.25, 0.3) is 0 Å². The molecule has 0 unspecified atom stereocenters. The first-order valence-corrected chi connectivity index (χ1v) is 4.05. The lowest BCUT2D eigenvalue weighted by Gasteiger charge is -2.11. The number of hydrogen-bond donors (Lipinski definition) is 3. The van der Waals surface area contributed by atoms with Crippen molar-refractivity contribution in [3.63, 3.8) is 0 Å². The van der Waals surface area contributed by atoms with Gasteiger partial charge >= 0.3 is 6.03 Å². The van der Waals surface area contributed by atoms with Crippen LogP contribution in [-0.4, -0.2) is 32.8 Å². The van der Waals surface area contributed by atoms with Crippen LogP contribution in [-0.2, 0) is 10.2 Å². The summed E-state index contributed by atoms with van der Waals surface area (Å²) in [6.45, 7) is 0. The quantitative estimate of drug-likeness (QED) is 0.438. The van der Waals surface area contributed by atoms with Crippen molar-refractivity contribution < 1.29 is 13.2 Å². The molecule has 0 aromatic carbocycles. The number of carbonyl (C=O) groups is 1. The maximum atomic E-state index is 10.8. The maximum absolute atomic E-state index is 10.8. The van der Waals surface area contributed by atoms with Crippen LogP contribution in [0, 0.1) is 0 Å².